The highest BCUT2D eigenvalue weighted by molar-refractivity contribution is 5.91. The maximum absolute atomic E-state index is 12.4. The second-order valence-electron chi connectivity index (χ2n) is 6.78. The highest BCUT2D eigenvalue weighted by atomic mass is 16.1. The maximum atomic E-state index is 12.4. The summed E-state index contributed by atoms with van der Waals surface area (Å²) in [5, 5.41) is 7.09. The van der Waals surface area contributed by atoms with Crippen molar-refractivity contribution in [3.8, 4) is 0 Å². The number of carbonyl (C=O) groups is 1. The summed E-state index contributed by atoms with van der Waals surface area (Å²) in [4.78, 5) is 16.3. The van der Waals surface area contributed by atoms with Crippen LogP contribution < -0.4 is 11.1 Å². The van der Waals surface area contributed by atoms with Gasteiger partial charge in [-0.2, -0.15) is 5.10 Å². The van der Waals surface area contributed by atoms with Crippen LogP contribution in [-0.4, -0.2) is 27.2 Å². The van der Waals surface area contributed by atoms with Crippen LogP contribution in [0.3, 0.4) is 0 Å². The second kappa shape index (κ2) is 7.57. The average molecular weight is 327 g/mol. The number of nitrogens with two attached hydrogens (primary N) is 1. The van der Waals surface area contributed by atoms with Crippen LogP contribution in [0.5, 0.6) is 0 Å². The number of hydrogen-bond donors (Lipinski definition) is 2. The Bertz CT molecular complexity index is 645. The van der Waals surface area contributed by atoms with E-state index in [0.29, 0.717) is 19.5 Å². The Morgan fingerprint density at radius 2 is 1.96 bits per heavy atom. The summed E-state index contributed by atoms with van der Waals surface area (Å²) < 4.78 is 1.77. The van der Waals surface area contributed by atoms with Gasteiger partial charge in [-0.25, -0.2) is 9.67 Å². The Morgan fingerprint density at radius 3 is 2.58 bits per heavy atom. The van der Waals surface area contributed by atoms with E-state index in [4.69, 9.17) is 5.73 Å². The number of rotatable bonds is 6. The van der Waals surface area contributed by atoms with E-state index in [1.165, 1.54) is 25.6 Å². The summed E-state index contributed by atoms with van der Waals surface area (Å²) in [6, 6.07) is 7.85. The molecule has 1 aliphatic carbocycles. The van der Waals surface area contributed by atoms with Crippen molar-refractivity contribution in [1.82, 2.24) is 14.8 Å². The van der Waals surface area contributed by atoms with E-state index in [9.17, 15) is 4.79 Å². The topological polar surface area (TPSA) is 85.8 Å². The molecule has 1 saturated carbocycles. The van der Waals surface area contributed by atoms with Gasteiger partial charge in [0.1, 0.15) is 12.7 Å². The molecule has 0 spiro atoms. The summed E-state index contributed by atoms with van der Waals surface area (Å²) in [7, 11) is 0. The van der Waals surface area contributed by atoms with Crippen LogP contribution in [0.4, 0.5) is 5.69 Å². The molecule has 0 atom stereocenters. The number of amides is 1. The molecule has 6 heteroatoms. The first-order chi connectivity index (χ1) is 11.7. The number of hydrogen-bond acceptors (Lipinski definition) is 4. The van der Waals surface area contributed by atoms with Crippen molar-refractivity contribution >= 4 is 11.6 Å². The minimum absolute atomic E-state index is 0.00460. The third-order valence-electron chi connectivity index (χ3n) is 4.93. The summed E-state index contributed by atoms with van der Waals surface area (Å²) in [5.41, 5.74) is 7.91. The van der Waals surface area contributed by atoms with Gasteiger partial charge >= 0.3 is 0 Å². The highest BCUT2D eigenvalue weighted by Crippen LogP contribution is 2.38. The lowest BCUT2D eigenvalue weighted by atomic mass is 9.71. The van der Waals surface area contributed by atoms with Gasteiger partial charge in [0.05, 0.1) is 6.54 Å². The van der Waals surface area contributed by atoms with Crippen molar-refractivity contribution < 1.29 is 4.79 Å². The fraction of sp³-hybridized carbons (Fsp3) is 0.500. The van der Waals surface area contributed by atoms with Gasteiger partial charge in [-0.05, 0) is 42.5 Å². The minimum Gasteiger partial charge on any atom is -0.330 e. The normalized spacial score (nSPS) is 16.7. The van der Waals surface area contributed by atoms with Gasteiger partial charge in [-0.15, -0.1) is 0 Å². The smallest absolute Gasteiger partial charge is 0.224 e. The van der Waals surface area contributed by atoms with Crippen molar-refractivity contribution in [3.05, 3.63) is 42.5 Å². The lowest BCUT2D eigenvalue weighted by molar-refractivity contribution is -0.118. The Labute approximate surface area is 142 Å². The van der Waals surface area contributed by atoms with E-state index < -0.39 is 0 Å². The van der Waals surface area contributed by atoms with Crippen LogP contribution in [-0.2, 0) is 11.3 Å². The van der Waals surface area contributed by atoms with Crippen LogP contribution in [0.2, 0.25) is 0 Å². The molecule has 1 aromatic heterocycles. The zero-order chi connectivity index (χ0) is 16.8. The van der Waals surface area contributed by atoms with E-state index >= 15 is 0 Å². The van der Waals surface area contributed by atoms with Gasteiger partial charge in [0.25, 0.3) is 0 Å². The first-order valence-electron chi connectivity index (χ1n) is 8.60. The van der Waals surface area contributed by atoms with Gasteiger partial charge in [0.2, 0.25) is 5.91 Å². The molecule has 24 heavy (non-hydrogen) atoms. The summed E-state index contributed by atoms with van der Waals surface area (Å²) in [6.07, 6.45) is 9.48. The molecule has 1 amide bonds. The number of nitrogens with one attached hydrogen (secondary N) is 1. The van der Waals surface area contributed by atoms with Crippen molar-refractivity contribution in [2.45, 2.75) is 45.1 Å². The molecule has 0 radical (unpaired) electrons. The third kappa shape index (κ3) is 4.20. The predicted octanol–water partition coefficient (Wildman–Crippen LogP) is 2.56. The molecule has 3 rings (SSSR count). The highest BCUT2D eigenvalue weighted by Gasteiger charge is 2.32. The fourth-order valence-corrected chi connectivity index (χ4v) is 3.50. The minimum atomic E-state index is -0.00460. The quantitative estimate of drug-likeness (QED) is 0.854. The Morgan fingerprint density at radius 1 is 1.21 bits per heavy atom. The molecular weight excluding hydrogens is 302 g/mol. The number of benzene rings is 1. The third-order valence-corrected chi connectivity index (χ3v) is 4.93. The molecule has 0 aliphatic heterocycles. The van der Waals surface area contributed by atoms with E-state index in [1.807, 2.05) is 24.3 Å². The monoisotopic (exact) mass is 327 g/mol. The fourth-order valence-electron chi connectivity index (χ4n) is 3.50. The molecule has 1 aromatic carbocycles. The number of nitrogens with zero attached hydrogens (tertiary/aromatic N) is 3. The predicted molar refractivity (Wildman–Crippen MR) is 93.4 cm³/mol. The van der Waals surface area contributed by atoms with Gasteiger partial charge in [-0.1, -0.05) is 31.4 Å². The van der Waals surface area contributed by atoms with Crippen LogP contribution in [0.15, 0.2) is 36.9 Å². The van der Waals surface area contributed by atoms with Crippen molar-refractivity contribution in [3.63, 3.8) is 0 Å². The second-order valence-corrected chi connectivity index (χ2v) is 6.78. The first-order valence-corrected chi connectivity index (χ1v) is 8.60. The molecule has 0 bridgehead atoms. The molecule has 1 fully saturated rings. The van der Waals surface area contributed by atoms with Gasteiger partial charge in [-0.3, -0.25) is 4.79 Å². The van der Waals surface area contributed by atoms with E-state index in [2.05, 4.69) is 15.4 Å². The van der Waals surface area contributed by atoms with E-state index in [-0.39, 0.29) is 11.3 Å². The lowest BCUT2D eigenvalue weighted by Crippen LogP contribution is -2.36. The molecule has 3 N–H and O–H groups in total. The Kier molecular flexibility index (Phi) is 5.25. The largest absolute Gasteiger partial charge is 0.330 e. The molecule has 128 valence electrons. The molecule has 1 heterocycles. The van der Waals surface area contributed by atoms with Crippen molar-refractivity contribution in [1.29, 1.82) is 0 Å². The van der Waals surface area contributed by atoms with E-state index in [1.54, 1.807) is 11.0 Å². The molecule has 0 saturated heterocycles. The molecule has 0 unspecified atom stereocenters. The Balaban J connectivity index is 1.56. The zero-order valence-electron chi connectivity index (χ0n) is 13.9. The summed E-state index contributed by atoms with van der Waals surface area (Å²) in [6.45, 7) is 1.27. The van der Waals surface area contributed by atoms with Gasteiger partial charge < -0.3 is 11.1 Å². The maximum Gasteiger partial charge on any atom is 0.224 e. The van der Waals surface area contributed by atoms with E-state index in [0.717, 1.165) is 24.1 Å². The zero-order valence-corrected chi connectivity index (χ0v) is 13.9. The van der Waals surface area contributed by atoms with Crippen molar-refractivity contribution in [2.24, 2.45) is 11.1 Å². The standard InChI is InChI=1S/C18H25N5O/c19-12-18(8-2-1-3-9-18)10-17(24)22-16-6-4-15(5-7-16)11-23-14-20-13-21-23/h4-7,13-14H,1-3,8-12,19H2,(H,22,24). The summed E-state index contributed by atoms with van der Waals surface area (Å²) in [5.74, 6) is 0.0615. The van der Waals surface area contributed by atoms with Gasteiger partial charge in [0.15, 0.2) is 0 Å². The number of aromatic nitrogens is 3. The van der Waals surface area contributed by atoms with Crippen molar-refractivity contribution in [2.75, 3.05) is 11.9 Å². The molecule has 2 aromatic rings. The summed E-state index contributed by atoms with van der Waals surface area (Å²) >= 11 is 0. The van der Waals surface area contributed by atoms with Crippen LogP contribution in [0.25, 0.3) is 0 Å². The average Bonchev–Trinajstić information content (AvgIpc) is 3.10. The van der Waals surface area contributed by atoms with Gasteiger partial charge in [0, 0.05) is 12.1 Å². The van der Waals surface area contributed by atoms with Crippen LogP contribution >= 0.6 is 0 Å². The van der Waals surface area contributed by atoms with Crippen LogP contribution in [0.1, 0.15) is 44.1 Å². The SMILES string of the molecule is NCC1(CC(=O)Nc2ccc(Cn3cncn3)cc2)CCCCC1. The first kappa shape index (κ1) is 16.6. The lowest BCUT2D eigenvalue weighted by Gasteiger charge is -2.35. The van der Waals surface area contributed by atoms with Crippen LogP contribution in [0, 0.1) is 5.41 Å². The molecular formula is C18H25N5O. The number of carbonyl (C=O) groups excluding carboxylic acids is 1. The number of anilines is 1. The molecule has 1 aliphatic rings. The Hall–Kier alpha value is -2.21. The molecule has 6 nitrogen and oxygen atoms in total.